The maximum absolute atomic E-state index is 2.56. The zero-order valence-corrected chi connectivity index (χ0v) is 28.3. The summed E-state index contributed by atoms with van der Waals surface area (Å²) in [6, 6.07) is 27.7. The van der Waals surface area contributed by atoms with Crippen molar-refractivity contribution in [2.45, 2.75) is 98.2 Å². The number of hydrogen-bond acceptors (Lipinski definition) is 0. The van der Waals surface area contributed by atoms with E-state index in [4.69, 9.17) is 0 Å². The largest absolute Gasteiger partial charge is 0.168 e. The summed E-state index contributed by atoms with van der Waals surface area (Å²) in [4.78, 5) is 0. The highest BCUT2D eigenvalue weighted by atomic mass is 31.1. The van der Waals surface area contributed by atoms with Crippen LogP contribution in [0.4, 0.5) is 0 Å². The van der Waals surface area contributed by atoms with E-state index < -0.39 is 15.6 Å². The van der Waals surface area contributed by atoms with E-state index in [0.29, 0.717) is 8.58 Å². The standard InChI is InChI=1S/C34H49P2Si/c1-32(2,3)25-23-28(33(4,5)6)30(29(24-25)34(7,8)9)35-31(37(10,11)12)36(26-19-15-13-16-20-26)27-21-17-14-18-22-27/h13-24,35H,1-12H3/q+1. The molecule has 1 unspecified atom stereocenters. The van der Waals surface area contributed by atoms with Crippen molar-refractivity contribution in [1.82, 2.24) is 0 Å². The summed E-state index contributed by atoms with van der Waals surface area (Å²) in [5.41, 5.74) is 4.81. The molecule has 0 N–H and O–H groups in total. The quantitative estimate of drug-likeness (QED) is 0.221. The molecule has 0 aliphatic heterocycles. The molecule has 0 radical (unpaired) electrons. The van der Waals surface area contributed by atoms with Crippen LogP contribution in [0, 0.1) is 0 Å². The van der Waals surface area contributed by atoms with Crippen LogP contribution in [0.5, 0.6) is 0 Å². The van der Waals surface area contributed by atoms with E-state index in [9.17, 15) is 0 Å². The van der Waals surface area contributed by atoms with Crippen LogP contribution in [-0.2, 0) is 16.2 Å². The van der Waals surface area contributed by atoms with Gasteiger partial charge in [-0.05, 0) is 71.1 Å². The third kappa shape index (κ3) is 7.32. The Labute approximate surface area is 231 Å². The molecule has 0 heterocycles. The van der Waals surface area contributed by atoms with Gasteiger partial charge in [0.15, 0.2) is 18.2 Å². The first-order valence-electron chi connectivity index (χ1n) is 13.6. The van der Waals surface area contributed by atoms with Crippen LogP contribution < -0.4 is 15.9 Å². The van der Waals surface area contributed by atoms with Crippen molar-refractivity contribution in [3.05, 3.63) is 89.5 Å². The highest BCUT2D eigenvalue weighted by Gasteiger charge is 2.38. The summed E-state index contributed by atoms with van der Waals surface area (Å²) in [5, 5.41) is 4.56. The molecular weight excluding hydrogens is 498 g/mol. The first kappa shape index (κ1) is 30.0. The highest BCUT2D eigenvalue weighted by molar-refractivity contribution is 7.96. The maximum atomic E-state index is 2.56. The molecule has 3 aromatic carbocycles. The Morgan fingerprint density at radius 2 is 0.973 bits per heavy atom. The van der Waals surface area contributed by atoms with Gasteiger partial charge in [0.25, 0.3) is 0 Å². The molecule has 0 aromatic heterocycles. The molecule has 0 bridgehead atoms. The van der Waals surface area contributed by atoms with Crippen LogP contribution in [0.1, 0.15) is 79.0 Å². The van der Waals surface area contributed by atoms with Gasteiger partial charge in [-0.15, -0.1) is 0 Å². The molecule has 0 saturated carbocycles. The van der Waals surface area contributed by atoms with Crippen LogP contribution in [0.15, 0.2) is 72.8 Å². The fraction of sp³-hybridized carbons (Fsp3) is 0.441. The SMILES string of the molecule is CC(C)(C)c1cc(C(C)(C)C)c(PC(=[P+](c2ccccc2)c2ccccc2)[Si](C)(C)C)c(C(C)(C)C)c1. The molecule has 37 heavy (non-hydrogen) atoms. The Bertz CT molecular complexity index is 1170. The van der Waals surface area contributed by atoms with Gasteiger partial charge in [0, 0.05) is 0 Å². The lowest BCUT2D eigenvalue weighted by Crippen LogP contribution is -2.37. The first-order chi connectivity index (χ1) is 16.9. The maximum Gasteiger partial charge on any atom is 0.168 e. The topological polar surface area (TPSA) is 0 Å². The van der Waals surface area contributed by atoms with Gasteiger partial charge in [-0.2, -0.15) is 0 Å². The van der Waals surface area contributed by atoms with Gasteiger partial charge >= 0.3 is 0 Å². The van der Waals surface area contributed by atoms with Crippen molar-refractivity contribution in [1.29, 1.82) is 0 Å². The molecule has 0 aliphatic rings. The molecular formula is C34H49P2Si+. The average molecular weight is 548 g/mol. The summed E-state index contributed by atoms with van der Waals surface area (Å²) in [5.74, 6) is 0. The van der Waals surface area contributed by atoms with Crippen LogP contribution in [0.25, 0.3) is 0 Å². The summed E-state index contributed by atoms with van der Waals surface area (Å²) < 4.78 is 1.81. The van der Waals surface area contributed by atoms with Crippen molar-refractivity contribution in [3.8, 4) is 0 Å². The molecule has 0 nitrogen and oxygen atoms in total. The minimum absolute atomic E-state index is 0.0798. The van der Waals surface area contributed by atoms with Gasteiger partial charge in [-0.25, -0.2) is 0 Å². The number of hydrogen-bond donors (Lipinski definition) is 0. The molecule has 0 fully saturated rings. The second kappa shape index (κ2) is 10.9. The van der Waals surface area contributed by atoms with E-state index in [1.807, 2.05) is 0 Å². The lowest BCUT2D eigenvalue weighted by molar-refractivity contribution is 0.554. The highest BCUT2D eigenvalue weighted by Crippen LogP contribution is 2.42. The zero-order chi connectivity index (χ0) is 27.8. The van der Waals surface area contributed by atoms with E-state index in [1.165, 1.54) is 27.3 Å². The number of benzene rings is 3. The third-order valence-corrected chi connectivity index (χ3v) is 17.7. The molecule has 3 aromatic rings. The van der Waals surface area contributed by atoms with Gasteiger partial charge in [-0.3, -0.25) is 0 Å². The fourth-order valence-corrected chi connectivity index (χ4v) is 14.7. The van der Waals surface area contributed by atoms with E-state index in [0.717, 1.165) is 0 Å². The third-order valence-electron chi connectivity index (χ3n) is 6.83. The van der Waals surface area contributed by atoms with E-state index in [-0.39, 0.29) is 16.2 Å². The second-order valence-electron chi connectivity index (χ2n) is 14.4. The smallest absolute Gasteiger partial charge is 0.0620 e. The Hall–Kier alpha value is -1.52. The average Bonchev–Trinajstić information content (AvgIpc) is 2.77. The van der Waals surface area contributed by atoms with Crippen molar-refractivity contribution < 1.29 is 0 Å². The molecule has 3 rings (SSSR count). The Morgan fingerprint density at radius 3 is 1.27 bits per heavy atom. The minimum Gasteiger partial charge on any atom is -0.0620 e. The molecule has 0 spiro atoms. The number of rotatable bonds is 5. The van der Waals surface area contributed by atoms with Crippen molar-refractivity contribution in [3.63, 3.8) is 0 Å². The monoisotopic (exact) mass is 547 g/mol. The van der Waals surface area contributed by atoms with Crippen LogP contribution in [-0.4, -0.2) is 12.7 Å². The van der Waals surface area contributed by atoms with Gasteiger partial charge in [0.2, 0.25) is 0 Å². The van der Waals surface area contributed by atoms with E-state index in [2.05, 4.69) is 155 Å². The van der Waals surface area contributed by atoms with Crippen molar-refractivity contribution in [2.24, 2.45) is 0 Å². The predicted molar refractivity (Wildman–Crippen MR) is 178 cm³/mol. The van der Waals surface area contributed by atoms with E-state index >= 15 is 0 Å². The molecule has 0 saturated heterocycles. The summed E-state index contributed by atoms with van der Waals surface area (Å²) in [6.45, 7) is 29.2. The van der Waals surface area contributed by atoms with Gasteiger partial charge in [0.05, 0.1) is 0 Å². The molecule has 3 heteroatoms. The van der Waals surface area contributed by atoms with Gasteiger partial charge < -0.3 is 0 Å². The van der Waals surface area contributed by atoms with Gasteiger partial charge in [-0.1, -0.05) is 130 Å². The predicted octanol–water partition coefficient (Wildman–Crippen LogP) is 9.02. The molecule has 0 aliphatic carbocycles. The summed E-state index contributed by atoms with van der Waals surface area (Å²) in [7, 11) is -1.51. The Kier molecular flexibility index (Phi) is 8.86. The van der Waals surface area contributed by atoms with E-state index in [1.54, 1.807) is 9.96 Å². The van der Waals surface area contributed by atoms with Crippen molar-refractivity contribution in [2.75, 3.05) is 0 Å². The lowest BCUT2D eigenvalue weighted by atomic mass is 9.75. The van der Waals surface area contributed by atoms with Crippen LogP contribution in [0.3, 0.4) is 0 Å². The van der Waals surface area contributed by atoms with Gasteiger partial charge in [0.1, 0.15) is 12.7 Å². The summed E-state index contributed by atoms with van der Waals surface area (Å²) >= 11 is 0. The minimum atomic E-state index is -1.65. The molecule has 1 atom stereocenters. The Morgan fingerprint density at radius 1 is 0.595 bits per heavy atom. The lowest BCUT2D eigenvalue weighted by Gasteiger charge is -2.34. The zero-order valence-electron chi connectivity index (χ0n) is 25.4. The molecule has 198 valence electrons. The molecule has 0 amide bonds. The Balaban J connectivity index is 2.47. The summed E-state index contributed by atoms with van der Waals surface area (Å²) in [6.07, 6.45) is 0. The second-order valence-corrected chi connectivity index (χ2v) is 24.2. The van der Waals surface area contributed by atoms with Crippen LogP contribution >= 0.6 is 16.1 Å². The first-order valence-corrected chi connectivity index (χ1v) is 19.5. The normalized spacial score (nSPS) is 13.3. The van der Waals surface area contributed by atoms with Crippen molar-refractivity contribution >= 4 is 44.8 Å². The fourth-order valence-electron chi connectivity index (χ4n) is 4.65. The van der Waals surface area contributed by atoms with Crippen LogP contribution in [0.2, 0.25) is 19.6 Å².